The van der Waals surface area contributed by atoms with E-state index in [1.807, 2.05) is 20.8 Å². The molecular formula is C13H19NO. The highest BCUT2D eigenvalue weighted by Gasteiger charge is 2.20. The van der Waals surface area contributed by atoms with Crippen molar-refractivity contribution in [2.75, 3.05) is 0 Å². The van der Waals surface area contributed by atoms with Gasteiger partial charge in [-0.2, -0.15) is 0 Å². The van der Waals surface area contributed by atoms with Crippen LogP contribution >= 0.6 is 0 Å². The maximum atomic E-state index is 11.5. The minimum atomic E-state index is 0.216. The number of fused-ring (bicyclic) bond motifs is 1. The SMILES string of the molecule is CC.Cc1cc(C)c2c(n1)C(=O)CCC2. The monoisotopic (exact) mass is 205 g/mol. The summed E-state index contributed by atoms with van der Waals surface area (Å²) in [6.07, 6.45) is 2.67. The van der Waals surface area contributed by atoms with Gasteiger partial charge in [0, 0.05) is 12.1 Å². The molecule has 0 saturated carbocycles. The summed E-state index contributed by atoms with van der Waals surface area (Å²) in [6.45, 7) is 8.00. The van der Waals surface area contributed by atoms with Crippen molar-refractivity contribution in [3.8, 4) is 0 Å². The number of carbonyl (C=O) groups excluding carboxylic acids is 1. The number of hydrogen-bond acceptors (Lipinski definition) is 2. The molecule has 1 heterocycles. The van der Waals surface area contributed by atoms with Gasteiger partial charge in [0.05, 0.1) is 0 Å². The summed E-state index contributed by atoms with van der Waals surface area (Å²) in [7, 11) is 0. The Morgan fingerprint density at radius 3 is 2.53 bits per heavy atom. The van der Waals surface area contributed by atoms with Gasteiger partial charge in [-0.1, -0.05) is 13.8 Å². The van der Waals surface area contributed by atoms with Crippen LogP contribution in [0.3, 0.4) is 0 Å². The molecule has 1 aromatic rings. The Morgan fingerprint density at radius 2 is 1.87 bits per heavy atom. The number of pyridine rings is 1. The van der Waals surface area contributed by atoms with E-state index >= 15 is 0 Å². The molecule has 1 aliphatic carbocycles. The van der Waals surface area contributed by atoms with E-state index in [4.69, 9.17) is 0 Å². The largest absolute Gasteiger partial charge is 0.292 e. The molecule has 2 nitrogen and oxygen atoms in total. The first kappa shape index (κ1) is 11.9. The average molecular weight is 205 g/mol. The lowest BCUT2D eigenvalue weighted by molar-refractivity contribution is 0.0966. The molecule has 0 N–H and O–H groups in total. The molecule has 82 valence electrons. The topological polar surface area (TPSA) is 30.0 Å². The van der Waals surface area contributed by atoms with Gasteiger partial charge in [-0.15, -0.1) is 0 Å². The third kappa shape index (κ3) is 2.44. The number of aromatic nitrogens is 1. The summed E-state index contributed by atoms with van der Waals surface area (Å²) in [4.78, 5) is 15.8. The van der Waals surface area contributed by atoms with E-state index in [9.17, 15) is 4.79 Å². The van der Waals surface area contributed by atoms with Gasteiger partial charge in [0.25, 0.3) is 0 Å². The number of rotatable bonds is 0. The van der Waals surface area contributed by atoms with Gasteiger partial charge in [0.1, 0.15) is 5.69 Å². The summed E-state index contributed by atoms with van der Waals surface area (Å²) < 4.78 is 0. The fourth-order valence-electron chi connectivity index (χ4n) is 1.95. The second-order valence-electron chi connectivity index (χ2n) is 3.68. The van der Waals surface area contributed by atoms with E-state index in [0.29, 0.717) is 6.42 Å². The van der Waals surface area contributed by atoms with Crippen LogP contribution in [0.15, 0.2) is 6.07 Å². The van der Waals surface area contributed by atoms with Crippen molar-refractivity contribution in [3.05, 3.63) is 28.6 Å². The zero-order valence-electron chi connectivity index (χ0n) is 10.1. The van der Waals surface area contributed by atoms with Gasteiger partial charge in [0.15, 0.2) is 5.78 Å². The predicted octanol–water partition coefficient (Wildman–Crippen LogP) is 3.24. The molecule has 0 aromatic carbocycles. The second kappa shape index (κ2) is 5.06. The van der Waals surface area contributed by atoms with Gasteiger partial charge in [-0.05, 0) is 43.9 Å². The molecular weight excluding hydrogens is 186 g/mol. The van der Waals surface area contributed by atoms with E-state index < -0.39 is 0 Å². The van der Waals surface area contributed by atoms with Crippen molar-refractivity contribution in [3.63, 3.8) is 0 Å². The number of hydrogen-bond donors (Lipinski definition) is 0. The Hall–Kier alpha value is -1.18. The van der Waals surface area contributed by atoms with Gasteiger partial charge in [0.2, 0.25) is 0 Å². The Kier molecular flexibility index (Phi) is 4.01. The van der Waals surface area contributed by atoms with Crippen molar-refractivity contribution in [1.29, 1.82) is 0 Å². The summed E-state index contributed by atoms with van der Waals surface area (Å²) in [5.41, 5.74) is 4.06. The number of Topliss-reactive ketones (excluding diaryl/α,β-unsaturated/α-hetero) is 1. The van der Waals surface area contributed by atoms with Crippen LogP contribution < -0.4 is 0 Å². The average Bonchev–Trinajstić information content (AvgIpc) is 2.23. The molecule has 0 unspecified atom stereocenters. The third-order valence-electron chi connectivity index (χ3n) is 2.57. The maximum absolute atomic E-state index is 11.5. The Morgan fingerprint density at radius 1 is 1.20 bits per heavy atom. The summed E-state index contributed by atoms with van der Waals surface area (Å²) in [5.74, 6) is 0.216. The van der Waals surface area contributed by atoms with E-state index in [-0.39, 0.29) is 5.78 Å². The van der Waals surface area contributed by atoms with Crippen LogP contribution in [0.4, 0.5) is 0 Å². The zero-order valence-corrected chi connectivity index (χ0v) is 10.1. The maximum Gasteiger partial charge on any atom is 0.181 e. The molecule has 2 rings (SSSR count). The highest BCUT2D eigenvalue weighted by atomic mass is 16.1. The van der Waals surface area contributed by atoms with Crippen molar-refractivity contribution in [1.82, 2.24) is 4.98 Å². The molecule has 15 heavy (non-hydrogen) atoms. The molecule has 0 bridgehead atoms. The van der Waals surface area contributed by atoms with Crippen molar-refractivity contribution >= 4 is 5.78 Å². The molecule has 0 fully saturated rings. The smallest absolute Gasteiger partial charge is 0.181 e. The van der Waals surface area contributed by atoms with Crippen molar-refractivity contribution in [2.24, 2.45) is 0 Å². The highest BCUT2D eigenvalue weighted by molar-refractivity contribution is 5.96. The standard InChI is InChI=1S/C11H13NO.C2H6/c1-7-6-8(2)12-11-9(7)4-3-5-10(11)13;1-2/h6H,3-5H2,1-2H3;1-2H3. The number of ketones is 1. The summed E-state index contributed by atoms with van der Waals surface area (Å²) >= 11 is 0. The molecule has 0 spiro atoms. The van der Waals surface area contributed by atoms with Crippen LogP contribution in [0.2, 0.25) is 0 Å². The fraction of sp³-hybridized carbons (Fsp3) is 0.538. The lowest BCUT2D eigenvalue weighted by Gasteiger charge is -2.16. The van der Waals surface area contributed by atoms with Crippen LogP contribution in [-0.2, 0) is 6.42 Å². The third-order valence-corrected chi connectivity index (χ3v) is 2.57. The highest BCUT2D eigenvalue weighted by Crippen LogP contribution is 2.22. The number of aryl methyl sites for hydroxylation is 2. The van der Waals surface area contributed by atoms with E-state index in [1.54, 1.807) is 0 Å². The van der Waals surface area contributed by atoms with E-state index in [1.165, 1.54) is 11.1 Å². The van der Waals surface area contributed by atoms with E-state index in [2.05, 4.69) is 18.0 Å². The molecule has 1 aliphatic rings. The van der Waals surface area contributed by atoms with Crippen LogP contribution in [0.25, 0.3) is 0 Å². The first-order valence-electron chi connectivity index (χ1n) is 5.69. The van der Waals surface area contributed by atoms with Gasteiger partial charge < -0.3 is 0 Å². The van der Waals surface area contributed by atoms with Crippen LogP contribution in [0.1, 0.15) is 54.0 Å². The lowest BCUT2D eigenvalue weighted by Crippen LogP contribution is -2.15. The first-order valence-corrected chi connectivity index (χ1v) is 5.69. The summed E-state index contributed by atoms with van der Waals surface area (Å²) in [5, 5.41) is 0. The molecule has 0 saturated heterocycles. The minimum absolute atomic E-state index is 0.216. The molecule has 2 heteroatoms. The second-order valence-corrected chi connectivity index (χ2v) is 3.68. The van der Waals surface area contributed by atoms with Crippen LogP contribution in [0.5, 0.6) is 0 Å². The van der Waals surface area contributed by atoms with Crippen molar-refractivity contribution < 1.29 is 4.79 Å². The van der Waals surface area contributed by atoms with Crippen LogP contribution in [0, 0.1) is 13.8 Å². The normalized spacial score (nSPS) is 14.0. The minimum Gasteiger partial charge on any atom is -0.292 e. The Labute approximate surface area is 91.7 Å². The molecule has 1 aromatic heterocycles. The number of nitrogens with zero attached hydrogens (tertiary/aromatic N) is 1. The van der Waals surface area contributed by atoms with Gasteiger partial charge >= 0.3 is 0 Å². The molecule has 0 aliphatic heterocycles. The fourth-order valence-corrected chi connectivity index (χ4v) is 1.95. The van der Waals surface area contributed by atoms with Crippen molar-refractivity contribution in [2.45, 2.75) is 47.0 Å². The first-order chi connectivity index (χ1) is 7.18. The van der Waals surface area contributed by atoms with Gasteiger partial charge in [-0.3, -0.25) is 4.79 Å². The summed E-state index contributed by atoms with van der Waals surface area (Å²) in [6, 6.07) is 2.05. The molecule has 0 atom stereocenters. The van der Waals surface area contributed by atoms with E-state index in [0.717, 1.165) is 24.2 Å². The molecule has 0 amide bonds. The van der Waals surface area contributed by atoms with Gasteiger partial charge in [-0.25, -0.2) is 4.98 Å². The predicted molar refractivity (Wildman–Crippen MR) is 62.3 cm³/mol. The number of carbonyl (C=O) groups is 1. The molecule has 0 radical (unpaired) electrons. The quantitative estimate of drug-likeness (QED) is 0.650. The Balaban J connectivity index is 0.000000531. The lowest BCUT2D eigenvalue weighted by atomic mass is 9.91. The zero-order chi connectivity index (χ0) is 11.4. The Bertz CT molecular complexity index is 369. The van der Waals surface area contributed by atoms with Crippen LogP contribution in [-0.4, -0.2) is 10.8 Å².